The molecule has 0 aliphatic carbocycles. The van der Waals surface area contributed by atoms with Gasteiger partial charge in [-0.25, -0.2) is 0 Å². The highest BCUT2D eigenvalue weighted by Gasteiger charge is 2.23. The van der Waals surface area contributed by atoms with Gasteiger partial charge in [0.15, 0.2) is 0 Å². The normalized spacial score (nSPS) is 15.0. The highest BCUT2D eigenvalue weighted by atomic mass is 16.5. The summed E-state index contributed by atoms with van der Waals surface area (Å²) in [6.45, 7) is 8.86. The predicted octanol–water partition coefficient (Wildman–Crippen LogP) is 4.95. The van der Waals surface area contributed by atoms with E-state index >= 15 is 0 Å². The van der Waals surface area contributed by atoms with E-state index in [-0.39, 0.29) is 5.41 Å². The zero-order valence-electron chi connectivity index (χ0n) is 13.7. The summed E-state index contributed by atoms with van der Waals surface area (Å²) in [5, 5.41) is 12.8. The van der Waals surface area contributed by atoms with Crippen LogP contribution in [-0.4, -0.2) is 12.2 Å². The molecule has 0 aliphatic rings. The molecule has 2 unspecified atom stereocenters. The lowest BCUT2D eigenvalue weighted by molar-refractivity contribution is 0.111. The van der Waals surface area contributed by atoms with Gasteiger partial charge < -0.3 is 9.84 Å². The molecule has 2 heteroatoms. The predicted molar refractivity (Wildman–Crippen MR) is 88.7 cm³/mol. The molecule has 114 valence electrons. The first kappa shape index (κ1) is 15.8. The summed E-state index contributed by atoms with van der Waals surface area (Å²) in [6, 6.07) is 12.2. The molecular weight excluding hydrogens is 260 g/mol. The number of aliphatic hydroxyl groups is 1. The number of rotatable bonds is 4. The maximum Gasteiger partial charge on any atom is 0.119 e. The second kappa shape index (κ2) is 6.07. The maximum atomic E-state index is 10.5. The van der Waals surface area contributed by atoms with Crippen molar-refractivity contribution in [3.8, 4) is 5.75 Å². The highest BCUT2D eigenvalue weighted by molar-refractivity contribution is 5.84. The number of hydrogen-bond donors (Lipinski definition) is 1. The zero-order valence-corrected chi connectivity index (χ0v) is 13.7. The highest BCUT2D eigenvalue weighted by Crippen LogP contribution is 2.34. The summed E-state index contributed by atoms with van der Waals surface area (Å²) < 4.78 is 5.24. The molecule has 21 heavy (non-hydrogen) atoms. The van der Waals surface area contributed by atoms with Crippen LogP contribution >= 0.6 is 0 Å². The molecule has 0 aromatic heterocycles. The molecule has 0 saturated heterocycles. The fraction of sp³-hybridized carbons (Fsp3) is 0.474. The van der Waals surface area contributed by atoms with Crippen LogP contribution in [0.25, 0.3) is 10.8 Å². The molecule has 0 radical (unpaired) electrons. The fourth-order valence-electron chi connectivity index (χ4n) is 2.40. The third kappa shape index (κ3) is 3.76. The van der Waals surface area contributed by atoms with E-state index in [9.17, 15) is 5.11 Å². The second-order valence-corrected chi connectivity index (χ2v) is 6.99. The fourth-order valence-corrected chi connectivity index (χ4v) is 2.40. The van der Waals surface area contributed by atoms with Gasteiger partial charge in [-0.3, -0.25) is 0 Å². The van der Waals surface area contributed by atoms with Crippen LogP contribution in [0.4, 0.5) is 0 Å². The molecule has 2 aromatic rings. The molecule has 0 heterocycles. The Morgan fingerprint density at radius 3 is 2.29 bits per heavy atom. The Bertz CT molecular complexity index is 610. The van der Waals surface area contributed by atoms with Crippen molar-refractivity contribution in [2.45, 2.75) is 40.2 Å². The van der Waals surface area contributed by atoms with Gasteiger partial charge in [0.05, 0.1) is 13.2 Å². The Labute approximate surface area is 127 Å². The number of benzene rings is 2. The van der Waals surface area contributed by atoms with Crippen LogP contribution in [0.1, 0.15) is 45.8 Å². The zero-order chi connectivity index (χ0) is 15.6. The van der Waals surface area contributed by atoms with Crippen molar-refractivity contribution in [1.82, 2.24) is 0 Å². The summed E-state index contributed by atoms with van der Waals surface area (Å²) in [7, 11) is 1.67. The minimum atomic E-state index is -0.411. The third-order valence-electron chi connectivity index (χ3n) is 4.51. The lowest BCUT2D eigenvalue weighted by Gasteiger charge is -2.29. The topological polar surface area (TPSA) is 29.5 Å². The average Bonchev–Trinajstić information content (AvgIpc) is 2.44. The number of methoxy groups -OCH3 is 1. The van der Waals surface area contributed by atoms with Gasteiger partial charge in [0.25, 0.3) is 0 Å². The van der Waals surface area contributed by atoms with Crippen molar-refractivity contribution in [2.24, 2.45) is 11.3 Å². The van der Waals surface area contributed by atoms with E-state index in [4.69, 9.17) is 4.74 Å². The van der Waals surface area contributed by atoms with Crippen LogP contribution in [0, 0.1) is 11.3 Å². The standard InChI is InChI=1S/C19H26O2/c1-13(19(2,3)4)10-18(20)16-7-6-15-12-17(21-5)9-8-14(15)11-16/h6-9,11-13,18,20H,10H2,1-5H3. The van der Waals surface area contributed by atoms with E-state index in [1.165, 1.54) is 0 Å². The van der Waals surface area contributed by atoms with Gasteiger partial charge in [-0.1, -0.05) is 45.9 Å². The Kier molecular flexibility index (Phi) is 4.58. The smallest absolute Gasteiger partial charge is 0.119 e. The summed E-state index contributed by atoms with van der Waals surface area (Å²) in [6.07, 6.45) is 0.372. The van der Waals surface area contributed by atoms with E-state index in [0.29, 0.717) is 5.92 Å². The van der Waals surface area contributed by atoms with Gasteiger partial charge in [-0.15, -0.1) is 0 Å². The van der Waals surface area contributed by atoms with Crippen molar-refractivity contribution in [3.05, 3.63) is 42.0 Å². The molecule has 2 aromatic carbocycles. The van der Waals surface area contributed by atoms with Crippen LogP contribution in [0.5, 0.6) is 5.75 Å². The van der Waals surface area contributed by atoms with Crippen LogP contribution in [0.15, 0.2) is 36.4 Å². The number of fused-ring (bicyclic) bond motifs is 1. The SMILES string of the molecule is COc1ccc2cc(C(O)CC(C)C(C)(C)C)ccc2c1. The van der Waals surface area contributed by atoms with Crippen LogP contribution in [0.2, 0.25) is 0 Å². The quantitative estimate of drug-likeness (QED) is 0.861. The molecule has 2 atom stereocenters. The van der Waals surface area contributed by atoms with E-state index in [0.717, 1.165) is 28.5 Å². The average molecular weight is 286 g/mol. The molecular formula is C19H26O2. The third-order valence-corrected chi connectivity index (χ3v) is 4.51. The van der Waals surface area contributed by atoms with Gasteiger partial charge in [0, 0.05) is 0 Å². The number of aliphatic hydroxyl groups excluding tert-OH is 1. The summed E-state index contributed by atoms with van der Waals surface area (Å²) in [5.74, 6) is 1.32. The Morgan fingerprint density at radius 1 is 1.05 bits per heavy atom. The van der Waals surface area contributed by atoms with Crippen molar-refractivity contribution >= 4 is 10.8 Å². The number of hydrogen-bond acceptors (Lipinski definition) is 2. The first-order chi connectivity index (χ1) is 9.81. The molecule has 1 N–H and O–H groups in total. The van der Waals surface area contributed by atoms with Gasteiger partial charge in [-0.05, 0) is 52.3 Å². The van der Waals surface area contributed by atoms with Gasteiger partial charge >= 0.3 is 0 Å². The van der Waals surface area contributed by atoms with Crippen molar-refractivity contribution in [1.29, 1.82) is 0 Å². The molecule has 2 nitrogen and oxygen atoms in total. The van der Waals surface area contributed by atoms with Crippen molar-refractivity contribution in [2.75, 3.05) is 7.11 Å². The molecule has 0 fully saturated rings. The first-order valence-electron chi connectivity index (χ1n) is 7.57. The second-order valence-electron chi connectivity index (χ2n) is 6.99. The van der Waals surface area contributed by atoms with E-state index in [1.54, 1.807) is 7.11 Å². The van der Waals surface area contributed by atoms with Gasteiger partial charge in [0.1, 0.15) is 5.75 Å². The van der Waals surface area contributed by atoms with Crippen molar-refractivity contribution < 1.29 is 9.84 Å². The monoisotopic (exact) mass is 286 g/mol. The molecule has 0 bridgehead atoms. The molecule has 0 spiro atoms. The van der Waals surface area contributed by atoms with Crippen LogP contribution in [-0.2, 0) is 0 Å². The molecule has 0 amide bonds. The summed E-state index contributed by atoms with van der Waals surface area (Å²) in [4.78, 5) is 0. The van der Waals surface area contributed by atoms with Gasteiger partial charge in [0.2, 0.25) is 0 Å². The van der Waals surface area contributed by atoms with E-state index in [1.807, 2.05) is 24.3 Å². The molecule has 2 rings (SSSR count). The molecule has 0 aliphatic heterocycles. The lowest BCUT2D eigenvalue weighted by atomic mass is 9.78. The summed E-state index contributed by atoms with van der Waals surface area (Å²) >= 11 is 0. The van der Waals surface area contributed by atoms with Crippen LogP contribution in [0.3, 0.4) is 0 Å². The lowest BCUT2D eigenvalue weighted by Crippen LogP contribution is -2.19. The molecule has 0 saturated carbocycles. The van der Waals surface area contributed by atoms with Gasteiger partial charge in [-0.2, -0.15) is 0 Å². The first-order valence-corrected chi connectivity index (χ1v) is 7.57. The summed E-state index contributed by atoms with van der Waals surface area (Å²) in [5.41, 5.74) is 1.20. The van der Waals surface area contributed by atoms with E-state index < -0.39 is 6.10 Å². The minimum absolute atomic E-state index is 0.213. The Hall–Kier alpha value is -1.54. The van der Waals surface area contributed by atoms with E-state index in [2.05, 4.69) is 39.8 Å². The van der Waals surface area contributed by atoms with Crippen molar-refractivity contribution in [3.63, 3.8) is 0 Å². The van der Waals surface area contributed by atoms with Crippen LogP contribution < -0.4 is 4.74 Å². The minimum Gasteiger partial charge on any atom is -0.497 e. The maximum absolute atomic E-state index is 10.5. The number of ether oxygens (including phenoxy) is 1. The Morgan fingerprint density at radius 2 is 1.67 bits per heavy atom. The Balaban J connectivity index is 2.22. The largest absolute Gasteiger partial charge is 0.497 e.